The maximum Gasteiger partial charge on any atom is 0.408 e. The first-order valence-electron chi connectivity index (χ1n) is 8.87. The summed E-state index contributed by atoms with van der Waals surface area (Å²) in [5, 5.41) is 12.1. The number of alkyl carbamates (subject to hydrolysis) is 1. The van der Waals surface area contributed by atoms with Crippen molar-refractivity contribution in [1.82, 2.24) is 10.2 Å². The van der Waals surface area contributed by atoms with Gasteiger partial charge < -0.3 is 20.1 Å². The number of likely N-dealkylation sites (tertiary alicyclic amines) is 1. The van der Waals surface area contributed by atoms with E-state index in [1.807, 2.05) is 0 Å². The number of nitrogens with one attached hydrogen (secondary N) is 1. The minimum Gasteiger partial charge on any atom is -0.480 e. The molecule has 1 fully saturated rings. The lowest BCUT2D eigenvalue weighted by molar-refractivity contribution is -0.156. The zero-order valence-corrected chi connectivity index (χ0v) is 15.9. The lowest BCUT2D eigenvalue weighted by atomic mass is 9.92. The second-order valence-electron chi connectivity index (χ2n) is 7.43. The van der Waals surface area contributed by atoms with Gasteiger partial charge in [0.05, 0.1) is 0 Å². The van der Waals surface area contributed by atoms with Crippen LogP contribution in [0.4, 0.5) is 4.79 Å². The number of carboxylic acid groups (broad SMARTS) is 1. The first kappa shape index (κ1) is 21.7. The van der Waals surface area contributed by atoms with Crippen LogP contribution < -0.4 is 5.32 Å². The molecule has 1 heterocycles. The Kier molecular flexibility index (Phi) is 7.86. The fourth-order valence-corrected chi connectivity index (χ4v) is 3.10. The van der Waals surface area contributed by atoms with Crippen LogP contribution >= 0.6 is 0 Å². The Morgan fingerprint density at radius 1 is 1.27 bits per heavy atom. The number of carbonyl (C=O) groups is 3. The highest BCUT2D eigenvalue weighted by Gasteiger charge is 2.40. The molecule has 1 saturated heterocycles. The van der Waals surface area contributed by atoms with Gasteiger partial charge in [-0.1, -0.05) is 12.2 Å². The highest BCUT2D eigenvalue weighted by atomic mass is 16.6. The minimum atomic E-state index is -1.04. The van der Waals surface area contributed by atoms with Gasteiger partial charge in [0.15, 0.2) is 0 Å². The Bertz CT molecular complexity index is 553. The van der Waals surface area contributed by atoms with Gasteiger partial charge in [0.2, 0.25) is 5.91 Å². The first-order chi connectivity index (χ1) is 12.1. The molecule has 0 aromatic carbocycles. The van der Waals surface area contributed by atoms with Gasteiger partial charge in [-0.3, -0.25) is 4.79 Å². The van der Waals surface area contributed by atoms with Gasteiger partial charge in [0.1, 0.15) is 17.7 Å². The summed E-state index contributed by atoms with van der Waals surface area (Å²) in [4.78, 5) is 38.2. The summed E-state index contributed by atoms with van der Waals surface area (Å²) in [5.74, 6) is -1.48. The van der Waals surface area contributed by atoms with Crippen LogP contribution in [0.2, 0.25) is 0 Å². The number of aliphatic carboxylic acids is 1. The highest BCUT2D eigenvalue weighted by molar-refractivity contribution is 5.90. The molecule has 0 aromatic rings. The van der Waals surface area contributed by atoms with E-state index in [4.69, 9.17) is 4.74 Å². The first-order valence-corrected chi connectivity index (χ1v) is 8.87. The Morgan fingerprint density at radius 2 is 1.92 bits per heavy atom. The Balaban J connectivity index is 3.04. The van der Waals surface area contributed by atoms with E-state index >= 15 is 0 Å². The Morgan fingerprint density at radius 3 is 2.42 bits per heavy atom. The average molecular weight is 366 g/mol. The quantitative estimate of drug-likeness (QED) is 0.676. The van der Waals surface area contributed by atoms with Crippen molar-refractivity contribution in [2.45, 2.75) is 76.6 Å². The second kappa shape index (κ2) is 9.40. The maximum atomic E-state index is 13.1. The van der Waals surface area contributed by atoms with Crippen LogP contribution in [0.15, 0.2) is 25.3 Å². The van der Waals surface area contributed by atoms with Gasteiger partial charge in [0, 0.05) is 6.04 Å². The van der Waals surface area contributed by atoms with Crippen molar-refractivity contribution in [3.63, 3.8) is 0 Å². The fraction of sp³-hybridized carbons (Fsp3) is 0.632. The van der Waals surface area contributed by atoms with E-state index in [0.717, 1.165) is 6.42 Å². The van der Waals surface area contributed by atoms with Crippen LogP contribution in [0.5, 0.6) is 0 Å². The molecule has 0 saturated carbocycles. The molecule has 0 spiro atoms. The number of ether oxygens (including phenoxy) is 1. The lowest BCUT2D eigenvalue weighted by Gasteiger charge is -2.41. The lowest BCUT2D eigenvalue weighted by Crippen LogP contribution is -2.59. The number of hydrogen-bond acceptors (Lipinski definition) is 4. The summed E-state index contributed by atoms with van der Waals surface area (Å²) < 4.78 is 5.21. The van der Waals surface area contributed by atoms with E-state index in [2.05, 4.69) is 18.5 Å². The molecule has 7 nitrogen and oxygen atoms in total. The Hall–Kier alpha value is -2.31. The normalized spacial score (nSPS) is 21.4. The topological polar surface area (TPSA) is 95.9 Å². The van der Waals surface area contributed by atoms with E-state index in [1.165, 1.54) is 11.0 Å². The summed E-state index contributed by atoms with van der Waals surface area (Å²) in [5.41, 5.74) is -0.702. The summed E-state index contributed by atoms with van der Waals surface area (Å²) in [6.45, 7) is 12.5. The van der Waals surface area contributed by atoms with Crippen molar-refractivity contribution >= 4 is 18.0 Å². The summed E-state index contributed by atoms with van der Waals surface area (Å²) in [7, 11) is 0. The Labute approximate surface area is 155 Å². The van der Waals surface area contributed by atoms with Crippen LogP contribution in [0.1, 0.15) is 52.9 Å². The van der Waals surface area contributed by atoms with Crippen molar-refractivity contribution in [3.05, 3.63) is 25.3 Å². The van der Waals surface area contributed by atoms with Crippen LogP contribution in [0.3, 0.4) is 0 Å². The molecule has 1 aliphatic rings. The smallest absolute Gasteiger partial charge is 0.408 e. The average Bonchev–Trinajstić information content (AvgIpc) is 2.52. The van der Waals surface area contributed by atoms with Crippen molar-refractivity contribution in [3.8, 4) is 0 Å². The van der Waals surface area contributed by atoms with Gasteiger partial charge in [-0.25, -0.2) is 9.59 Å². The molecule has 0 bridgehead atoms. The third-order valence-electron chi connectivity index (χ3n) is 4.11. The molecule has 0 aliphatic carbocycles. The van der Waals surface area contributed by atoms with Crippen molar-refractivity contribution in [1.29, 1.82) is 0 Å². The fourth-order valence-electron chi connectivity index (χ4n) is 3.10. The third-order valence-corrected chi connectivity index (χ3v) is 4.11. The van der Waals surface area contributed by atoms with Gasteiger partial charge in [-0.2, -0.15) is 0 Å². The van der Waals surface area contributed by atoms with E-state index in [-0.39, 0.29) is 12.5 Å². The summed E-state index contributed by atoms with van der Waals surface area (Å²) in [6.07, 6.45) is 4.98. The summed E-state index contributed by atoms with van der Waals surface area (Å²) in [6, 6.07) is -2.08. The van der Waals surface area contributed by atoms with Crippen molar-refractivity contribution < 1.29 is 24.2 Å². The molecule has 2 N–H and O–H groups in total. The number of nitrogens with zero attached hydrogens (tertiary/aromatic N) is 1. The number of piperidine rings is 1. The van der Waals surface area contributed by atoms with Crippen molar-refractivity contribution in [2.24, 2.45) is 0 Å². The van der Waals surface area contributed by atoms with Crippen LogP contribution in [0, 0.1) is 0 Å². The molecule has 3 unspecified atom stereocenters. The molecule has 1 aliphatic heterocycles. The maximum absolute atomic E-state index is 13.1. The summed E-state index contributed by atoms with van der Waals surface area (Å²) >= 11 is 0. The molecule has 1 rings (SSSR count). The molecule has 7 heteroatoms. The molecule has 2 amide bonds. The predicted molar refractivity (Wildman–Crippen MR) is 98.7 cm³/mol. The SMILES string of the molecule is C=CCC(NC(=O)OC(C)(C)C)C(=O)N1C(CC=C)CCCC1C(=O)O. The van der Waals surface area contributed by atoms with Gasteiger partial charge in [-0.05, 0) is 52.9 Å². The third kappa shape index (κ3) is 6.20. The second-order valence-corrected chi connectivity index (χ2v) is 7.43. The minimum absolute atomic E-state index is 0.182. The van der Waals surface area contributed by atoms with Gasteiger partial charge in [0.25, 0.3) is 0 Å². The van der Waals surface area contributed by atoms with E-state index < -0.39 is 35.7 Å². The molecular formula is C19H30N2O5. The molecule has 0 aromatic heterocycles. The highest BCUT2D eigenvalue weighted by Crippen LogP contribution is 2.27. The molecule has 26 heavy (non-hydrogen) atoms. The number of hydrogen-bond donors (Lipinski definition) is 2. The standard InChI is InChI=1S/C19H30N2O5/c1-6-9-13-11-8-12-15(17(23)24)21(13)16(22)14(10-7-2)20-18(25)26-19(3,4)5/h6-7,13-15H,1-2,8-12H2,3-5H3,(H,20,25)(H,23,24). The molecule has 3 atom stereocenters. The molecule has 146 valence electrons. The number of amides is 2. The van der Waals surface area contributed by atoms with E-state index in [0.29, 0.717) is 19.3 Å². The monoisotopic (exact) mass is 366 g/mol. The number of carbonyl (C=O) groups excluding carboxylic acids is 2. The van der Waals surface area contributed by atoms with Crippen LogP contribution in [0.25, 0.3) is 0 Å². The van der Waals surface area contributed by atoms with E-state index in [1.54, 1.807) is 26.8 Å². The largest absolute Gasteiger partial charge is 0.480 e. The molecular weight excluding hydrogens is 336 g/mol. The van der Waals surface area contributed by atoms with Crippen molar-refractivity contribution in [2.75, 3.05) is 0 Å². The zero-order chi connectivity index (χ0) is 19.9. The molecule has 0 radical (unpaired) electrons. The van der Waals surface area contributed by atoms with Gasteiger partial charge >= 0.3 is 12.1 Å². The zero-order valence-electron chi connectivity index (χ0n) is 15.9. The van der Waals surface area contributed by atoms with Crippen LogP contribution in [-0.4, -0.2) is 51.7 Å². The number of carboxylic acids is 1. The van der Waals surface area contributed by atoms with E-state index in [9.17, 15) is 19.5 Å². The van der Waals surface area contributed by atoms with Gasteiger partial charge in [-0.15, -0.1) is 13.2 Å². The predicted octanol–water partition coefficient (Wildman–Crippen LogP) is 2.87. The number of rotatable bonds is 7. The van der Waals surface area contributed by atoms with Crippen LogP contribution in [-0.2, 0) is 14.3 Å².